The lowest BCUT2D eigenvalue weighted by Gasteiger charge is -2.19. The van der Waals surface area contributed by atoms with Crippen molar-refractivity contribution in [3.05, 3.63) is 0 Å². The Bertz CT molecular complexity index is 357. The molecule has 0 bridgehead atoms. The number of hydrazine groups is 1. The van der Waals surface area contributed by atoms with E-state index in [-0.39, 0.29) is 6.01 Å². The molecule has 0 saturated carbocycles. The Morgan fingerprint density at radius 2 is 2.06 bits per heavy atom. The normalized spacial score (nSPS) is 10.5. The van der Waals surface area contributed by atoms with Crippen molar-refractivity contribution in [1.82, 2.24) is 15.0 Å². The third kappa shape index (κ3) is 4.03. The van der Waals surface area contributed by atoms with Crippen molar-refractivity contribution in [3.63, 3.8) is 0 Å². The second-order valence-electron chi connectivity index (χ2n) is 4.09. The molecule has 1 heterocycles. The molecule has 17 heavy (non-hydrogen) atoms. The van der Waals surface area contributed by atoms with Crippen LogP contribution in [0, 0.1) is 5.92 Å². The summed E-state index contributed by atoms with van der Waals surface area (Å²) in [5, 5.41) is 0. The number of nitrogens with one attached hydrogen (secondary N) is 1. The zero-order chi connectivity index (χ0) is 12.8. The highest BCUT2D eigenvalue weighted by atomic mass is 16.5. The molecular formula is C10H20N6O. The molecule has 0 aliphatic heterocycles. The fourth-order valence-corrected chi connectivity index (χ4v) is 1.40. The predicted molar refractivity (Wildman–Crippen MR) is 66.9 cm³/mol. The number of anilines is 2. The van der Waals surface area contributed by atoms with Crippen molar-refractivity contribution in [2.24, 2.45) is 11.8 Å². The van der Waals surface area contributed by atoms with E-state index in [4.69, 9.17) is 10.6 Å². The van der Waals surface area contributed by atoms with E-state index in [9.17, 15) is 0 Å². The molecule has 7 nitrogen and oxygen atoms in total. The summed E-state index contributed by atoms with van der Waals surface area (Å²) in [5.41, 5.74) is 2.41. The predicted octanol–water partition coefficient (Wildman–Crippen LogP) is 0.648. The third-order valence-electron chi connectivity index (χ3n) is 1.99. The fourth-order valence-electron chi connectivity index (χ4n) is 1.40. The van der Waals surface area contributed by atoms with Gasteiger partial charge in [-0.2, -0.15) is 15.0 Å². The van der Waals surface area contributed by atoms with E-state index in [1.54, 1.807) is 0 Å². The number of nitrogens with two attached hydrogens (primary N) is 1. The van der Waals surface area contributed by atoms with E-state index < -0.39 is 0 Å². The average molecular weight is 240 g/mol. The van der Waals surface area contributed by atoms with Crippen LogP contribution in [0.3, 0.4) is 0 Å². The largest absolute Gasteiger partial charge is 0.464 e. The lowest BCUT2D eigenvalue weighted by atomic mass is 10.2. The summed E-state index contributed by atoms with van der Waals surface area (Å²) in [6, 6.07) is 0.279. The van der Waals surface area contributed by atoms with Gasteiger partial charge in [-0.05, 0) is 12.8 Å². The van der Waals surface area contributed by atoms with Gasteiger partial charge in [-0.3, -0.25) is 5.43 Å². The summed E-state index contributed by atoms with van der Waals surface area (Å²) in [7, 11) is 1.92. The SMILES string of the molecule is CCOc1nc(NN)nc(N(C)CC(C)C)n1. The number of nitrogens with zero attached hydrogens (tertiary/aromatic N) is 4. The molecule has 0 radical (unpaired) electrons. The number of hydrogen-bond acceptors (Lipinski definition) is 7. The first-order valence-electron chi connectivity index (χ1n) is 5.63. The number of rotatable bonds is 6. The van der Waals surface area contributed by atoms with Crippen LogP contribution in [0.5, 0.6) is 6.01 Å². The van der Waals surface area contributed by atoms with Gasteiger partial charge in [0.15, 0.2) is 0 Å². The summed E-state index contributed by atoms with van der Waals surface area (Å²) in [6.45, 7) is 7.48. The van der Waals surface area contributed by atoms with E-state index in [0.29, 0.717) is 24.4 Å². The number of nitrogen functional groups attached to an aromatic ring is 1. The highest BCUT2D eigenvalue weighted by Gasteiger charge is 2.11. The second-order valence-corrected chi connectivity index (χ2v) is 4.09. The third-order valence-corrected chi connectivity index (χ3v) is 1.99. The van der Waals surface area contributed by atoms with Crippen LogP contribution in [0.15, 0.2) is 0 Å². The van der Waals surface area contributed by atoms with Gasteiger partial charge in [0.05, 0.1) is 6.61 Å². The van der Waals surface area contributed by atoms with Crippen molar-refractivity contribution in [2.75, 3.05) is 30.5 Å². The Kier molecular flexibility index (Phi) is 4.89. The van der Waals surface area contributed by atoms with Crippen molar-refractivity contribution in [1.29, 1.82) is 0 Å². The van der Waals surface area contributed by atoms with E-state index in [1.165, 1.54) is 0 Å². The van der Waals surface area contributed by atoms with E-state index >= 15 is 0 Å². The minimum absolute atomic E-state index is 0.279. The van der Waals surface area contributed by atoms with Gasteiger partial charge in [-0.25, -0.2) is 5.84 Å². The van der Waals surface area contributed by atoms with Crippen molar-refractivity contribution in [2.45, 2.75) is 20.8 Å². The van der Waals surface area contributed by atoms with Crippen LogP contribution in [-0.4, -0.2) is 35.2 Å². The summed E-state index contributed by atoms with van der Waals surface area (Å²) in [5.74, 6) is 6.67. The Hall–Kier alpha value is -1.63. The smallest absolute Gasteiger partial charge is 0.323 e. The maximum atomic E-state index is 5.31. The lowest BCUT2D eigenvalue weighted by Crippen LogP contribution is -2.26. The van der Waals surface area contributed by atoms with Gasteiger partial charge in [-0.1, -0.05) is 13.8 Å². The van der Waals surface area contributed by atoms with Gasteiger partial charge in [0.1, 0.15) is 0 Å². The molecule has 3 N–H and O–H groups in total. The van der Waals surface area contributed by atoms with Gasteiger partial charge in [0.2, 0.25) is 11.9 Å². The Morgan fingerprint density at radius 1 is 1.35 bits per heavy atom. The minimum atomic E-state index is 0.279. The maximum absolute atomic E-state index is 5.31. The summed E-state index contributed by atoms with van der Waals surface area (Å²) < 4.78 is 5.26. The molecule has 1 rings (SSSR count). The van der Waals surface area contributed by atoms with Crippen LogP contribution >= 0.6 is 0 Å². The average Bonchev–Trinajstić information content (AvgIpc) is 2.28. The molecule has 0 aliphatic rings. The van der Waals surface area contributed by atoms with Crippen molar-refractivity contribution >= 4 is 11.9 Å². The first-order valence-corrected chi connectivity index (χ1v) is 5.63. The van der Waals surface area contributed by atoms with Crippen molar-refractivity contribution in [3.8, 4) is 6.01 Å². The van der Waals surface area contributed by atoms with Gasteiger partial charge < -0.3 is 9.64 Å². The number of hydrogen-bond donors (Lipinski definition) is 2. The van der Waals surface area contributed by atoms with E-state index in [0.717, 1.165) is 6.54 Å². The molecule has 0 aliphatic carbocycles. The molecular weight excluding hydrogens is 220 g/mol. The van der Waals surface area contributed by atoms with Crippen LogP contribution in [0.25, 0.3) is 0 Å². The number of aromatic nitrogens is 3. The summed E-state index contributed by atoms with van der Waals surface area (Å²) >= 11 is 0. The van der Waals surface area contributed by atoms with Gasteiger partial charge in [0, 0.05) is 13.6 Å². The maximum Gasteiger partial charge on any atom is 0.323 e. The van der Waals surface area contributed by atoms with E-state index in [2.05, 4.69) is 34.2 Å². The summed E-state index contributed by atoms with van der Waals surface area (Å²) in [4.78, 5) is 14.3. The quantitative estimate of drug-likeness (QED) is 0.557. The second kappa shape index (κ2) is 6.19. The topological polar surface area (TPSA) is 89.2 Å². The van der Waals surface area contributed by atoms with Crippen LogP contribution in [0.4, 0.5) is 11.9 Å². The fraction of sp³-hybridized carbons (Fsp3) is 0.700. The van der Waals surface area contributed by atoms with Crippen LogP contribution in [0.2, 0.25) is 0 Å². The lowest BCUT2D eigenvalue weighted by molar-refractivity contribution is 0.312. The molecule has 0 amide bonds. The molecule has 1 aromatic heterocycles. The van der Waals surface area contributed by atoms with Crippen LogP contribution in [0.1, 0.15) is 20.8 Å². The Morgan fingerprint density at radius 3 is 2.59 bits per heavy atom. The van der Waals surface area contributed by atoms with Crippen molar-refractivity contribution < 1.29 is 4.74 Å². The Balaban J connectivity index is 2.93. The first kappa shape index (κ1) is 13.4. The molecule has 1 aromatic rings. The molecule has 7 heteroatoms. The minimum Gasteiger partial charge on any atom is -0.464 e. The molecule has 0 saturated heterocycles. The zero-order valence-corrected chi connectivity index (χ0v) is 10.8. The molecule has 96 valence electrons. The molecule has 0 fully saturated rings. The first-order chi connectivity index (χ1) is 8.06. The van der Waals surface area contributed by atoms with Gasteiger partial charge >= 0.3 is 6.01 Å². The van der Waals surface area contributed by atoms with Gasteiger partial charge in [-0.15, -0.1) is 0 Å². The highest BCUT2D eigenvalue weighted by Crippen LogP contribution is 2.14. The molecule has 0 spiro atoms. The monoisotopic (exact) mass is 240 g/mol. The molecule has 0 unspecified atom stereocenters. The Labute approximate surface area is 101 Å². The van der Waals surface area contributed by atoms with Crippen LogP contribution < -0.4 is 20.9 Å². The molecule has 0 aromatic carbocycles. The van der Waals surface area contributed by atoms with Gasteiger partial charge in [0.25, 0.3) is 0 Å². The highest BCUT2D eigenvalue weighted by molar-refractivity contribution is 5.36. The standard InChI is InChI=1S/C10H20N6O/c1-5-17-10-13-8(15-11)12-9(14-10)16(4)6-7(2)3/h7H,5-6,11H2,1-4H3,(H,12,13,14,15). The molecule has 0 atom stereocenters. The summed E-state index contributed by atoms with van der Waals surface area (Å²) in [6.07, 6.45) is 0. The van der Waals surface area contributed by atoms with E-state index in [1.807, 2.05) is 18.9 Å². The number of ether oxygens (including phenoxy) is 1. The van der Waals surface area contributed by atoms with Crippen LogP contribution in [-0.2, 0) is 0 Å². The zero-order valence-electron chi connectivity index (χ0n) is 10.8.